The van der Waals surface area contributed by atoms with Gasteiger partial charge in [-0.1, -0.05) is 241 Å². The van der Waals surface area contributed by atoms with E-state index in [1.165, 1.54) is 148 Å². The van der Waals surface area contributed by atoms with E-state index >= 15 is 0 Å². The first kappa shape index (κ1) is 59.3. The average molecular weight is 865 g/mol. The van der Waals surface area contributed by atoms with Crippen molar-refractivity contribution in [3.8, 4) is 0 Å². The lowest BCUT2D eigenvalue weighted by atomic mass is 10.0. The summed E-state index contributed by atoms with van der Waals surface area (Å²) in [6, 6.07) is 0. The molecule has 0 aliphatic heterocycles. The molecule has 1 atom stereocenters. The van der Waals surface area contributed by atoms with E-state index in [4.69, 9.17) is 9.47 Å². The predicted octanol–water partition coefficient (Wildman–Crippen LogP) is 17.6. The number of rotatable bonds is 48. The molecular weight excluding hydrogens is 765 g/mol. The van der Waals surface area contributed by atoms with Gasteiger partial charge in [0.1, 0.15) is 6.61 Å². The lowest BCUT2D eigenvalue weighted by molar-refractivity contribution is -0.161. The summed E-state index contributed by atoms with van der Waals surface area (Å²) < 4.78 is 10.6. The van der Waals surface area contributed by atoms with Gasteiger partial charge < -0.3 is 14.6 Å². The van der Waals surface area contributed by atoms with Gasteiger partial charge in [-0.25, -0.2) is 0 Å². The van der Waals surface area contributed by atoms with Crippen LogP contribution in [0.3, 0.4) is 0 Å². The summed E-state index contributed by atoms with van der Waals surface area (Å²) in [4.78, 5) is 24.4. The molecule has 1 N–H and O–H groups in total. The van der Waals surface area contributed by atoms with Crippen LogP contribution in [0.25, 0.3) is 0 Å². The number of allylic oxidation sites excluding steroid dienone is 12. The summed E-state index contributed by atoms with van der Waals surface area (Å²) in [5.74, 6) is -0.601. The largest absolute Gasteiger partial charge is 0.462 e. The fourth-order valence-electron chi connectivity index (χ4n) is 7.53. The van der Waals surface area contributed by atoms with Gasteiger partial charge >= 0.3 is 11.9 Å². The monoisotopic (exact) mass is 865 g/mol. The number of unbranched alkanes of at least 4 members (excludes halogenated alkanes) is 28. The van der Waals surface area contributed by atoms with Crippen LogP contribution in [0.15, 0.2) is 72.9 Å². The molecular formula is C57H100O5. The Labute approximate surface area is 384 Å². The Morgan fingerprint density at radius 3 is 1.05 bits per heavy atom. The zero-order valence-electron chi connectivity index (χ0n) is 40.9. The summed E-state index contributed by atoms with van der Waals surface area (Å²) in [5, 5.41) is 9.61. The molecule has 0 aliphatic rings. The maximum Gasteiger partial charge on any atom is 0.306 e. The summed E-state index contributed by atoms with van der Waals surface area (Å²) in [6.07, 6.45) is 71.7. The van der Waals surface area contributed by atoms with Gasteiger partial charge in [0.25, 0.3) is 0 Å². The van der Waals surface area contributed by atoms with Crippen LogP contribution in [-0.4, -0.2) is 36.4 Å². The van der Waals surface area contributed by atoms with Crippen molar-refractivity contribution in [2.24, 2.45) is 0 Å². The van der Waals surface area contributed by atoms with Crippen LogP contribution in [0.4, 0.5) is 0 Å². The van der Waals surface area contributed by atoms with Crippen LogP contribution in [0, 0.1) is 0 Å². The number of aliphatic hydroxyl groups excluding tert-OH is 1. The summed E-state index contributed by atoms with van der Waals surface area (Å²) in [5.41, 5.74) is 0. The molecule has 0 aromatic carbocycles. The Balaban J connectivity index is 3.42. The van der Waals surface area contributed by atoms with Crippen molar-refractivity contribution >= 4 is 11.9 Å². The smallest absolute Gasteiger partial charge is 0.306 e. The SMILES string of the molecule is CC/C=C\C/C=C\C/C=C\C/C=C\CCCCCCCCCCCCCCCCCCCCCCCCC(=O)OC(CO)COC(=O)CCCCCCC/C=C\C/C=C\CCC. The van der Waals surface area contributed by atoms with Crippen LogP contribution in [0.2, 0.25) is 0 Å². The molecule has 0 heterocycles. The lowest BCUT2D eigenvalue weighted by Gasteiger charge is -2.15. The molecule has 0 amide bonds. The van der Waals surface area contributed by atoms with E-state index < -0.39 is 6.10 Å². The number of carbonyl (C=O) groups is 2. The minimum atomic E-state index is -0.777. The molecule has 5 nitrogen and oxygen atoms in total. The number of ether oxygens (including phenoxy) is 2. The van der Waals surface area contributed by atoms with Crippen LogP contribution >= 0.6 is 0 Å². The molecule has 358 valence electrons. The Kier molecular flexibility index (Phi) is 50.4. The van der Waals surface area contributed by atoms with E-state index in [1.54, 1.807) is 0 Å². The summed E-state index contributed by atoms with van der Waals surface area (Å²) in [7, 11) is 0. The van der Waals surface area contributed by atoms with Gasteiger partial charge in [-0.05, 0) is 77.0 Å². The lowest BCUT2D eigenvalue weighted by Crippen LogP contribution is -2.28. The summed E-state index contributed by atoms with van der Waals surface area (Å²) >= 11 is 0. The molecule has 0 aliphatic carbocycles. The third-order valence-corrected chi connectivity index (χ3v) is 11.5. The van der Waals surface area contributed by atoms with Crippen molar-refractivity contribution < 1.29 is 24.2 Å². The normalized spacial score (nSPS) is 12.8. The van der Waals surface area contributed by atoms with Crippen molar-refractivity contribution in [1.29, 1.82) is 0 Å². The first-order valence-corrected chi connectivity index (χ1v) is 26.5. The highest BCUT2D eigenvalue weighted by Crippen LogP contribution is 2.16. The van der Waals surface area contributed by atoms with Gasteiger partial charge in [0, 0.05) is 12.8 Å². The van der Waals surface area contributed by atoms with Gasteiger partial charge in [-0.2, -0.15) is 0 Å². The minimum Gasteiger partial charge on any atom is -0.462 e. The summed E-state index contributed by atoms with van der Waals surface area (Å²) in [6.45, 7) is 3.96. The first-order chi connectivity index (χ1) is 30.6. The molecule has 0 saturated heterocycles. The standard InChI is InChI=1S/C57H100O5/c1-3-5-7-9-11-13-15-17-18-19-20-21-22-23-24-25-26-27-28-29-30-31-32-33-34-35-36-37-38-40-42-44-46-48-50-52-57(60)62-55(53-58)54-61-56(59)51-49-47-45-43-41-39-16-14-12-10-8-6-4-2/h5,7-8,10-11,13-14,16-18,20-21,55,58H,3-4,6,9,12,15,19,22-54H2,1-2H3/b7-5-,10-8-,13-11-,16-14-,18-17-,21-20-. The van der Waals surface area contributed by atoms with E-state index in [9.17, 15) is 14.7 Å². The van der Waals surface area contributed by atoms with Crippen molar-refractivity contribution in [3.05, 3.63) is 72.9 Å². The predicted molar refractivity (Wildman–Crippen MR) is 270 cm³/mol. The third-order valence-electron chi connectivity index (χ3n) is 11.5. The van der Waals surface area contributed by atoms with Crippen LogP contribution in [0.1, 0.15) is 258 Å². The molecule has 0 aromatic rings. The van der Waals surface area contributed by atoms with Gasteiger partial charge in [-0.15, -0.1) is 0 Å². The maximum absolute atomic E-state index is 12.3. The highest BCUT2D eigenvalue weighted by Gasteiger charge is 2.16. The Morgan fingerprint density at radius 2 is 0.694 bits per heavy atom. The van der Waals surface area contributed by atoms with E-state index in [-0.39, 0.29) is 25.2 Å². The molecule has 62 heavy (non-hydrogen) atoms. The second kappa shape index (κ2) is 52.7. The van der Waals surface area contributed by atoms with E-state index in [1.807, 2.05) is 0 Å². The van der Waals surface area contributed by atoms with E-state index in [2.05, 4.69) is 86.8 Å². The number of hydrogen-bond donors (Lipinski definition) is 1. The van der Waals surface area contributed by atoms with Crippen LogP contribution in [0.5, 0.6) is 0 Å². The Bertz CT molecular complexity index is 1110. The van der Waals surface area contributed by atoms with Gasteiger partial charge in [0.15, 0.2) is 6.10 Å². The number of esters is 2. The van der Waals surface area contributed by atoms with E-state index in [0.717, 1.165) is 83.5 Å². The zero-order chi connectivity index (χ0) is 44.9. The second-order valence-corrected chi connectivity index (χ2v) is 17.6. The second-order valence-electron chi connectivity index (χ2n) is 17.6. The first-order valence-electron chi connectivity index (χ1n) is 26.5. The quantitative estimate of drug-likeness (QED) is 0.0375. The van der Waals surface area contributed by atoms with Crippen molar-refractivity contribution in [3.63, 3.8) is 0 Å². The molecule has 0 bridgehead atoms. The highest BCUT2D eigenvalue weighted by atomic mass is 16.6. The fourth-order valence-corrected chi connectivity index (χ4v) is 7.53. The molecule has 0 spiro atoms. The van der Waals surface area contributed by atoms with Crippen molar-refractivity contribution in [2.75, 3.05) is 13.2 Å². The van der Waals surface area contributed by atoms with Gasteiger partial charge in [0.2, 0.25) is 0 Å². The Morgan fingerprint density at radius 1 is 0.387 bits per heavy atom. The van der Waals surface area contributed by atoms with Gasteiger partial charge in [0.05, 0.1) is 6.61 Å². The van der Waals surface area contributed by atoms with Crippen molar-refractivity contribution in [2.45, 2.75) is 264 Å². The topological polar surface area (TPSA) is 72.8 Å². The molecule has 0 fully saturated rings. The number of carbonyl (C=O) groups excluding carboxylic acids is 2. The molecule has 0 radical (unpaired) electrons. The zero-order valence-corrected chi connectivity index (χ0v) is 40.9. The molecule has 5 heteroatoms. The highest BCUT2D eigenvalue weighted by molar-refractivity contribution is 5.70. The number of hydrogen-bond acceptors (Lipinski definition) is 5. The molecule has 1 unspecified atom stereocenters. The van der Waals surface area contributed by atoms with Crippen molar-refractivity contribution in [1.82, 2.24) is 0 Å². The third kappa shape index (κ3) is 50.0. The van der Waals surface area contributed by atoms with Crippen LogP contribution in [-0.2, 0) is 19.1 Å². The molecule has 0 aromatic heterocycles. The number of aliphatic hydroxyl groups is 1. The van der Waals surface area contributed by atoms with Gasteiger partial charge in [-0.3, -0.25) is 9.59 Å². The minimum absolute atomic E-state index is 0.0723. The molecule has 0 rings (SSSR count). The fraction of sp³-hybridized carbons (Fsp3) is 0.754. The van der Waals surface area contributed by atoms with Crippen LogP contribution < -0.4 is 0 Å². The Hall–Kier alpha value is -2.66. The molecule has 0 saturated carbocycles. The average Bonchev–Trinajstić information content (AvgIpc) is 3.28. The maximum atomic E-state index is 12.3. The van der Waals surface area contributed by atoms with E-state index in [0.29, 0.717) is 12.8 Å².